The highest BCUT2D eigenvalue weighted by Crippen LogP contribution is 2.37. The number of piperidine rings is 1. The van der Waals surface area contributed by atoms with Crippen LogP contribution in [0.1, 0.15) is 19.3 Å². The molecule has 0 aliphatic carbocycles. The molecule has 1 N–H and O–H groups in total. The maximum Gasteiger partial charge on any atom is 0.0677 e. The van der Waals surface area contributed by atoms with E-state index in [2.05, 4.69) is 5.32 Å². The average molecular weight is 222 g/mol. The molecular formula is C10H20ClNO2. The number of hydrogen-bond donors (Lipinski definition) is 1. The molecule has 0 aromatic rings. The summed E-state index contributed by atoms with van der Waals surface area (Å²) in [4.78, 5) is 0. The predicted molar refractivity (Wildman–Crippen MR) is 58.0 cm³/mol. The number of halogens is 1. The third kappa shape index (κ3) is 2.22. The van der Waals surface area contributed by atoms with Crippen molar-refractivity contribution in [3.63, 3.8) is 0 Å². The van der Waals surface area contributed by atoms with Crippen LogP contribution in [-0.4, -0.2) is 39.5 Å². The van der Waals surface area contributed by atoms with Gasteiger partial charge in [0.1, 0.15) is 0 Å². The molecule has 0 bridgehead atoms. The van der Waals surface area contributed by atoms with E-state index in [0.717, 1.165) is 32.7 Å². The van der Waals surface area contributed by atoms with E-state index in [-0.39, 0.29) is 17.8 Å². The van der Waals surface area contributed by atoms with Crippen molar-refractivity contribution in [3.8, 4) is 0 Å². The summed E-state index contributed by atoms with van der Waals surface area (Å²) in [5, 5.41) is 3.45. The molecule has 14 heavy (non-hydrogen) atoms. The topological polar surface area (TPSA) is 30.5 Å². The Morgan fingerprint density at radius 2 is 2.43 bits per heavy atom. The SMILES string of the molecule is COCC12CCCOC1CCNC2.Cl. The van der Waals surface area contributed by atoms with Crippen molar-refractivity contribution in [2.45, 2.75) is 25.4 Å². The fourth-order valence-corrected chi connectivity index (χ4v) is 2.65. The number of rotatable bonds is 2. The van der Waals surface area contributed by atoms with Crippen molar-refractivity contribution in [1.29, 1.82) is 0 Å². The monoisotopic (exact) mass is 221 g/mol. The van der Waals surface area contributed by atoms with E-state index >= 15 is 0 Å². The lowest BCUT2D eigenvalue weighted by molar-refractivity contribution is -0.124. The van der Waals surface area contributed by atoms with E-state index < -0.39 is 0 Å². The number of hydrogen-bond acceptors (Lipinski definition) is 3. The van der Waals surface area contributed by atoms with Gasteiger partial charge in [0.05, 0.1) is 12.7 Å². The van der Waals surface area contributed by atoms with Gasteiger partial charge in [0.25, 0.3) is 0 Å². The van der Waals surface area contributed by atoms with Crippen LogP contribution in [0.25, 0.3) is 0 Å². The Balaban J connectivity index is 0.000000980. The molecule has 3 nitrogen and oxygen atoms in total. The smallest absolute Gasteiger partial charge is 0.0677 e. The van der Waals surface area contributed by atoms with Gasteiger partial charge in [-0.15, -0.1) is 12.4 Å². The summed E-state index contributed by atoms with van der Waals surface area (Å²) < 4.78 is 11.1. The van der Waals surface area contributed by atoms with Gasteiger partial charge in [-0.25, -0.2) is 0 Å². The van der Waals surface area contributed by atoms with Crippen LogP contribution in [-0.2, 0) is 9.47 Å². The predicted octanol–water partition coefficient (Wildman–Crippen LogP) is 1.21. The molecule has 0 saturated carbocycles. The summed E-state index contributed by atoms with van der Waals surface area (Å²) in [6, 6.07) is 0. The highest BCUT2D eigenvalue weighted by Gasteiger charge is 2.43. The van der Waals surface area contributed by atoms with Crippen molar-refractivity contribution in [2.24, 2.45) is 5.41 Å². The van der Waals surface area contributed by atoms with E-state index in [1.165, 1.54) is 12.8 Å². The molecule has 2 fully saturated rings. The molecule has 2 heterocycles. The third-order valence-corrected chi connectivity index (χ3v) is 3.31. The third-order valence-electron chi connectivity index (χ3n) is 3.31. The van der Waals surface area contributed by atoms with Gasteiger partial charge in [0, 0.05) is 25.7 Å². The van der Waals surface area contributed by atoms with E-state index in [4.69, 9.17) is 9.47 Å². The van der Waals surface area contributed by atoms with Gasteiger partial charge in [0.15, 0.2) is 0 Å². The number of methoxy groups -OCH3 is 1. The molecule has 4 heteroatoms. The van der Waals surface area contributed by atoms with Crippen LogP contribution in [0.5, 0.6) is 0 Å². The molecular weight excluding hydrogens is 202 g/mol. The fourth-order valence-electron chi connectivity index (χ4n) is 2.65. The van der Waals surface area contributed by atoms with Crippen LogP contribution in [0.3, 0.4) is 0 Å². The van der Waals surface area contributed by atoms with Gasteiger partial charge in [-0.1, -0.05) is 0 Å². The molecule has 2 unspecified atom stereocenters. The first-order valence-electron chi connectivity index (χ1n) is 5.19. The second kappa shape index (κ2) is 5.31. The Kier molecular flexibility index (Phi) is 4.64. The second-order valence-corrected chi connectivity index (χ2v) is 4.22. The van der Waals surface area contributed by atoms with Gasteiger partial charge in [0.2, 0.25) is 0 Å². The van der Waals surface area contributed by atoms with E-state index in [1.54, 1.807) is 7.11 Å². The standard InChI is InChI=1S/C10H19NO2.ClH/c1-12-8-10-4-2-6-13-9(10)3-5-11-7-10;/h9,11H,2-8H2,1H3;1H. The second-order valence-electron chi connectivity index (χ2n) is 4.22. The van der Waals surface area contributed by atoms with Crippen LogP contribution in [0.15, 0.2) is 0 Å². The van der Waals surface area contributed by atoms with Crippen molar-refractivity contribution >= 4 is 12.4 Å². The minimum absolute atomic E-state index is 0. The van der Waals surface area contributed by atoms with Gasteiger partial charge in [-0.05, 0) is 25.8 Å². The Hall–Kier alpha value is 0.170. The number of nitrogens with one attached hydrogen (secondary N) is 1. The summed E-state index contributed by atoms with van der Waals surface area (Å²) in [5.41, 5.74) is 0.269. The van der Waals surface area contributed by atoms with E-state index in [9.17, 15) is 0 Å². The Bertz CT molecular complexity index is 160. The maximum atomic E-state index is 5.82. The molecule has 2 saturated heterocycles. The summed E-state index contributed by atoms with van der Waals surface area (Å²) in [5.74, 6) is 0. The number of ether oxygens (including phenoxy) is 2. The zero-order chi connectivity index (χ0) is 9.15. The molecule has 2 rings (SSSR count). The summed E-state index contributed by atoms with van der Waals surface area (Å²) in [6.45, 7) is 3.93. The largest absolute Gasteiger partial charge is 0.384 e. The summed E-state index contributed by atoms with van der Waals surface area (Å²) in [6.07, 6.45) is 4.01. The molecule has 0 aromatic heterocycles. The normalized spacial score (nSPS) is 37.1. The van der Waals surface area contributed by atoms with Gasteiger partial charge >= 0.3 is 0 Å². The highest BCUT2D eigenvalue weighted by molar-refractivity contribution is 5.85. The van der Waals surface area contributed by atoms with E-state index in [0.29, 0.717) is 6.10 Å². The quantitative estimate of drug-likeness (QED) is 0.761. The van der Waals surface area contributed by atoms with Crippen LogP contribution in [0.4, 0.5) is 0 Å². The van der Waals surface area contributed by atoms with Crippen LogP contribution < -0.4 is 5.32 Å². The zero-order valence-electron chi connectivity index (χ0n) is 8.75. The van der Waals surface area contributed by atoms with Crippen LogP contribution in [0.2, 0.25) is 0 Å². The summed E-state index contributed by atoms with van der Waals surface area (Å²) in [7, 11) is 1.79. The molecule has 2 atom stereocenters. The molecule has 0 aromatic carbocycles. The molecule has 2 aliphatic rings. The van der Waals surface area contributed by atoms with Crippen LogP contribution in [0, 0.1) is 5.41 Å². The van der Waals surface area contributed by atoms with Crippen molar-refractivity contribution in [1.82, 2.24) is 5.32 Å². The maximum absolute atomic E-state index is 5.82. The molecule has 0 radical (unpaired) electrons. The summed E-state index contributed by atoms with van der Waals surface area (Å²) >= 11 is 0. The Morgan fingerprint density at radius 1 is 1.57 bits per heavy atom. The Morgan fingerprint density at radius 3 is 3.21 bits per heavy atom. The lowest BCUT2D eigenvalue weighted by Gasteiger charge is -2.46. The zero-order valence-corrected chi connectivity index (χ0v) is 9.57. The minimum Gasteiger partial charge on any atom is -0.384 e. The molecule has 84 valence electrons. The Labute approximate surface area is 91.9 Å². The minimum atomic E-state index is 0. The van der Waals surface area contributed by atoms with E-state index in [1.807, 2.05) is 0 Å². The van der Waals surface area contributed by atoms with Crippen molar-refractivity contribution in [2.75, 3.05) is 33.4 Å². The van der Waals surface area contributed by atoms with Crippen LogP contribution >= 0.6 is 12.4 Å². The highest BCUT2D eigenvalue weighted by atomic mass is 35.5. The molecule has 0 spiro atoms. The number of fused-ring (bicyclic) bond motifs is 1. The lowest BCUT2D eigenvalue weighted by Crippen LogP contribution is -2.55. The first-order chi connectivity index (χ1) is 6.37. The van der Waals surface area contributed by atoms with Gasteiger partial charge in [-0.3, -0.25) is 0 Å². The lowest BCUT2D eigenvalue weighted by atomic mass is 9.74. The van der Waals surface area contributed by atoms with Crippen molar-refractivity contribution < 1.29 is 9.47 Å². The first-order valence-corrected chi connectivity index (χ1v) is 5.19. The molecule has 2 aliphatic heterocycles. The van der Waals surface area contributed by atoms with Gasteiger partial charge < -0.3 is 14.8 Å². The fraction of sp³-hybridized carbons (Fsp3) is 1.00. The average Bonchev–Trinajstić information content (AvgIpc) is 2.18. The first kappa shape index (κ1) is 12.2. The molecule has 0 amide bonds. The van der Waals surface area contributed by atoms with Gasteiger partial charge in [-0.2, -0.15) is 0 Å². The van der Waals surface area contributed by atoms with Crippen molar-refractivity contribution in [3.05, 3.63) is 0 Å².